The number of rotatable bonds is 4. The zero-order valence-corrected chi connectivity index (χ0v) is 11.5. The van der Waals surface area contributed by atoms with Crippen molar-refractivity contribution in [3.8, 4) is 0 Å². The molecule has 0 saturated carbocycles. The van der Waals surface area contributed by atoms with Gasteiger partial charge in [-0.3, -0.25) is 4.57 Å². The van der Waals surface area contributed by atoms with Gasteiger partial charge in [-0.25, -0.2) is 4.79 Å². The Bertz CT molecular complexity index is 613. The van der Waals surface area contributed by atoms with E-state index in [4.69, 9.17) is 16.0 Å². The molecule has 18 heavy (non-hydrogen) atoms. The van der Waals surface area contributed by atoms with Gasteiger partial charge in [-0.1, -0.05) is 19.9 Å². The molecule has 0 aliphatic rings. The summed E-state index contributed by atoms with van der Waals surface area (Å²) in [5.41, 5.74) is 2.48. The largest absolute Gasteiger partial charge is 0.419 e. The monoisotopic (exact) mass is 268 g/mol. The van der Waals surface area contributed by atoms with E-state index < -0.39 is 0 Å². The summed E-state index contributed by atoms with van der Waals surface area (Å²) in [5.74, 6) is -0.334. The number of fused-ring (bicyclic) bond motifs is 1. The third-order valence-electron chi connectivity index (χ3n) is 3.24. The second kappa shape index (κ2) is 4.78. The van der Waals surface area contributed by atoms with Crippen LogP contribution in [0.2, 0.25) is 0 Å². The van der Waals surface area contributed by atoms with Crippen LogP contribution >= 0.6 is 11.6 Å². The molecule has 2 rings (SSSR count). The Hall–Kier alpha value is -1.26. The van der Waals surface area contributed by atoms with E-state index >= 15 is 0 Å². The van der Waals surface area contributed by atoms with E-state index in [0.717, 1.165) is 17.6 Å². The number of hydrogen-bond donors (Lipinski definition) is 1. The van der Waals surface area contributed by atoms with Crippen molar-refractivity contribution in [2.75, 3.05) is 12.5 Å². The van der Waals surface area contributed by atoms with Gasteiger partial charge >= 0.3 is 5.76 Å². The zero-order chi connectivity index (χ0) is 13.3. The molecule has 5 heteroatoms. The molecule has 4 nitrogen and oxygen atoms in total. The van der Waals surface area contributed by atoms with E-state index in [2.05, 4.69) is 19.2 Å². The number of nitrogens with zero attached hydrogens (tertiary/aromatic N) is 1. The van der Waals surface area contributed by atoms with Crippen molar-refractivity contribution < 1.29 is 4.42 Å². The van der Waals surface area contributed by atoms with E-state index in [1.54, 1.807) is 7.05 Å². The molecule has 0 fully saturated rings. The minimum atomic E-state index is -0.334. The zero-order valence-electron chi connectivity index (χ0n) is 10.8. The smallest absolute Gasteiger partial charge is 0.408 e. The van der Waals surface area contributed by atoms with Crippen LogP contribution < -0.4 is 11.1 Å². The molecule has 0 aliphatic heterocycles. The average molecular weight is 269 g/mol. The Morgan fingerprint density at radius 1 is 1.44 bits per heavy atom. The van der Waals surface area contributed by atoms with Crippen LogP contribution in [-0.2, 0) is 12.5 Å². The predicted octanol–water partition coefficient (Wildman–Crippen LogP) is 2.19. The Balaban J connectivity index is 2.44. The lowest BCUT2D eigenvalue weighted by atomic mass is 9.84. The van der Waals surface area contributed by atoms with Crippen LogP contribution in [0.3, 0.4) is 0 Å². The van der Waals surface area contributed by atoms with Crippen molar-refractivity contribution in [2.45, 2.75) is 19.3 Å². The van der Waals surface area contributed by atoms with Crippen LogP contribution in [0.4, 0.5) is 0 Å². The van der Waals surface area contributed by atoms with Crippen molar-refractivity contribution >= 4 is 22.7 Å². The van der Waals surface area contributed by atoms with Gasteiger partial charge in [0, 0.05) is 19.0 Å². The molecule has 1 heterocycles. The van der Waals surface area contributed by atoms with E-state index in [1.807, 2.05) is 18.2 Å². The standard InChI is InChI=1S/C13H17ClN2O2/c1-13(2,7-15-8-14)9-4-5-10-11(6-9)18-12(17)16(10)3/h4-6,15H,7-8H2,1-3H3. The number of benzene rings is 1. The molecule has 0 amide bonds. The number of aromatic nitrogens is 1. The fraction of sp³-hybridized carbons (Fsp3) is 0.462. The normalized spacial score (nSPS) is 12.2. The Labute approximate surface area is 111 Å². The van der Waals surface area contributed by atoms with Crippen molar-refractivity contribution in [3.05, 3.63) is 34.3 Å². The molecule has 0 bridgehead atoms. The Morgan fingerprint density at radius 3 is 2.83 bits per heavy atom. The molecule has 98 valence electrons. The molecule has 0 saturated heterocycles. The van der Waals surface area contributed by atoms with Gasteiger partial charge < -0.3 is 9.73 Å². The molecule has 0 unspecified atom stereocenters. The maximum atomic E-state index is 11.4. The fourth-order valence-electron chi connectivity index (χ4n) is 2.02. The van der Waals surface area contributed by atoms with Crippen LogP contribution in [0.1, 0.15) is 19.4 Å². The maximum Gasteiger partial charge on any atom is 0.419 e. The SMILES string of the molecule is Cn1c(=O)oc2cc(C(C)(C)CNCCl)ccc21. The fourth-order valence-corrected chi connectivity index (χ4v) is 2.11. The van der Waals surface area contributed by atoms with Gasteiger partial charge in [0.05, 0.1) is 11.5 Å². The number of alkyl halides is 1. The van der Waals surface area contributed by atoms with Gasteiger partial charge in [-0.05, 0) is 17.7 Å². The third-order valence-corrected chi connectivity index (χ3v) is 3.42. The second-order valence-electron chi connectivity index (χ2n) is 5.05. The third kappa shape index (κ3) is 2.31. The summed E-state index contributed by atoms with van der Waals surface area (Å²) in [6, 6.07) is 6.28. The highest BCUT2D eigenvalue weighted by atomic mass is 35.5. The predicted molar refractivity (Wildman–Crippen MR) is 73.2 cm³/mol. The van der Waals surface area contributed by atoms with E-state index in [0.29, 0.717) is 11.6 Å². The molecule has 0 atom stereocenters. The summed E-state index contributed by atoms with van der Waals surface area (Å²) >= 11 is 5.64. The minimum absolute atomic E-state index is 0.0719. The first kappa shape index (κ1) is 13.2. The first-order valence-corrected chi connectivity index (χ1v) is 6.36. The number of nitrogens with one attached hydrogen (secondary N) is 1. The highest BCUT2D eigenvalue weighted by molar-refractivity contribution is 6.17. The van der Waals surface area contributed by atoms with Crippen LogP contribution in [0.15, 0.2) is 27.4 Å². The molecule has 0 spiro atoms. The average Bonchev–Trinajstić information content (AvgIpc) is 2.62. The molecule has 0 radical (unpaired) electrons. The number of aryl methyl sites for hydroxylation is 1. The lowest BCUT2D eigenvalue weighted by Gasteiger charge is -2.25. The lowest BCUT2D eigenvalue weighted by molar-refractivity contribution is 0.487. The van der Waals surface area contributed by atoms with Gasteiger partial charge in [0.15, 0.2) is 5.58 Å². The summed E-state index contributed by atoms with van der Waals surface area (Å²) in [7, 11) is 1.70. The number of hydrogen-bond acceptors (Lipinski definition) is 3. The highest BCUT2D eigenvalue weighted by Crippen LogP contribution is 2.25. The number of halogens is 1. The van der Waals surface area contributed by atoms with E-state index in [-0.39, 0.29) is 11.2 Å². The van der Waals surface area contributed by atoms with Crippen LogP contribution in [0.25, 0.3) is 11.1 Å². The molecule has 1 aromatic carbocycles. The van der Waals surface area contributed by atoms with Gasteiger partial charge in [-0.15, -0.1) is 11.6 Å². The van der Waals surface area contributed by atoms with Gasteiger partial charge in [0.2, 0.25) is 0 Å². The maximum absolute atomic E-state index is 11.4. The first-order chi connectivity index (χ1) is 8.45. The topological polar surface area (TPSA) is 47.2 Å². The minimum Gasteiger partial charge on any atom is -0.408 e. The van der Waals surface area contributed by atoms with Crippen molar-refractivity contribution in [2.24, 2.45) is 7.05 Å². The van der Waals surface area contributed by atoms with E-state index in [1.165, 1.54) is 4.57 Å². The highest BCUT2D eigenvalue weighted by Gasteiger charge is 2.21. The quantitative estimate of drug-likeness (QED) is 0.683. The number of oxazole rings is 1. The summed E-state index contributed by atoms with van der Waals surface area (Å²) in [4.78, 5) is 11.4. The Kier molecular flexibility index (Phi) is 3.50. The lowest BCUT2D eigenvalue weighted by Crippen LogP contribution is -2.32. The molecule has 1 aromatic heterocycles. The van der Waals surface area contributed by atoms with Gasteiger partial charge in [0.25, 0.3) is 0 Å². The molecule has 1 N–H and O–H groups in total. The molecular weight excluding hydrogens is 252 g/mol. The summed E-state index contributed by atoms with van der Waals surface area (Å²) < 4.78 is 6.70. The summed E-state index contributed by atoms with van der Waals surface area (Å²) in [5, 5.41) is 3.12. The summed E-state index contributed by atoms with van der Waals surface area (Å²) in [6.45, 7) is 5.00. The van der Waals surface area contributed by atoms with Crippen LogP contribution in [-0.4, -0.2) is 17.1 Å². The van der Waals surface area contributed by atoms with Gasteiger partial charge in [-0.2, -0.15) is 0 Å². The summed E-state index contributed by atoms with van der Waals surface area (Å²) in [6.07, 6.45) is 0. The van der Waals surface area contributed by atoms with Crippen LogP contribution in [0.5, 0.6) is 0 Å². The van der Waals surface area contributed by atoms with E-state index in [9.17, 15) is 4.79 Å². The molecule has 0 aliphatic carbocycles. The molecular formula is C13H17ClN2O2. The van der Waals surface area contributed by atoms with Crippen molar-refractivity contribution in [1.29, 1.82) is 0 Å². The van der Waals surface area contributed by atoms with Crippen molar-refractivity contribution in [3.63, 3.8) is 0 Å². The van der Waals surface area contributed by atoms with Crippen LogP contribution in [0, 0.1) is 0 Å². The van der Waals surface area contributed by atoms with Crippen molar-refractivity contribution in [1.82, 2.24) is 9.88 Å². The second-order valence-corrected chi connectivity index (χ2v) is 5.32. The first-order valence-electron chi connectivity index (χ1n) is 5.82. The molecule has 2 aromatic rings. The van der Waals surface area contributed by atoms with Gasteiger partial charge in [0.1, 0.15) is 0 Å². The Morgan fingerprint density at radius 2 is 2.17 bits per heavy atom.